The van der Waals surface area contributed by atoms with Crippen LogP contribution in [0.3, 0.4) is 0 Å². The number of quaternary nitrogens is 1. The predicted molar refractivity (Wildman–Crippen MR) is 35.5 cm³/mol. The summed E-state index contributed by atoms with van der Waals surface area (Å²) in [5.74, 6) is 0. The maximum absolute atomic E-state index is 3.84. The monoisotopic (exact) mass is 117 g/mol. The molecule has 0 aliphatic rings. The fraction of sp³-hybridized carbons (Fsp3) is 1.00. The second kappa shape index (κ2) is 2.46. The Hall–Kier alpha value is -0.0800. The standard InChI is InChI=1S/C6H16N2/c1-6(2,5-7)8(3)4/h5,7H2,1-4H3/p+1. The first kappa shape index (κ1) is 7.92. The van der Waals surface area contributed by atoms with Gasteiger partial charge in [0.25, 0.3) is 0 Å². The van der Waals surface area contributed by atoms with Crippen molar-refractivity contribution in [3.05, 3.63) is 0 Å². The Balaban J connectivity index is 3.71. The summed E-state index contributed by atoms with van der Waals surface area (Å²) in [5, 5.41) is 0. The quantitative estimate of drug-likeness (QED) is 0.522. The van der Waals surface area contributed by atoms with Crippen LogP contribution in [-0.2, 0) is 0 Å². The van der Waals surface area contributed by atoms with Crippen LogP contribution in [-0.4, -0.2) is 31.1 Å². The van der Waals surface area contributed by atoms with Crippen molar-refractivity contribution in [2.75, 3.05) is 20.6 Å². The largest absolute Gasteiger partial charge is 0.356 e. The minimum Gasteiger partial charge on any atom is -0.356 e. The second-order valence-corrected chi connectivity index (χ2v) is 2.96. The molecule has 0 aromatic heterocycles. The van der Waals surface area contributed by atoms with Gasteiger partial charge in [-0.3, -0.25) is 4.90 Å². The zero-order valence-electron chi connectivity index (χ0n) is 6.36. The highest BCUT2D eigenvalue weighted by Crippen LogP contribution is 2.04. The Labute approximate surface area is 51.7 Å². The van der Waals surface area contributed by atoms with Gasteiger partial charge in [-0.05, 0) is 27.9 Å². The van der Waals surface area contributed by atoms with E-state index in [1.54, 1.807) is 0 Å². The highest BCUT2D eigenvalue weighted by Gasteiger charge is 2.19. The fourth-order valence-electron chi connectivity index (χ4n) is 0.224. The molecule has 0 bridgehead atoms. The molecule has 0 aromatic carbocycles. The highest BCUT2D eigenvalue weighted by atomic mass is 15.1. The van der Waals surface area contributed by atoms with E-state index in [0.29, 0.717) is 0 Å². The normalized spacial score (nSPS) is 12.8. The van der Waals surface area contributed by atoms with Crippen LogP contribution in [0.15, 0.2) is 0 Å². The van der Waals surface area contributed by atoms with E-state index >= 15 is 0 Å². The van der Waals surface area contributed by atoms with Gasteiger partial charge in [-0.15, -0.1) is 0 Å². The second-order valence-electron chi connectivity index (χ2n) is 2.96. The van der Waals surface area contributed by atoms with Gasteiger partial charge in [-0.2, -0.15) is 0 Å². The Morgan fingerprint density at radius 2 is 1.75 bits per heavy atom. The molecule has 0 heterocycles. The van der Waals surface area contributed by atoms with Gasteiger partial charge in [0, 0.05) is 0 Å². The van der Waals surface area contributed by atoms with Crippen molar-refractivity contribution < 1.29 is 5.73 Å². The van der Waals surface area contributed by atoms with E-state index in [1.165, 1.54) is 0 Å². The molecular formula is C6H17N2+. The molecule has 0 atom stereocenters. The third kappa shape index (κ3) is 1.80. The molecule has 3 N–H and O–H groups in total. The van der Waals surface area contributed by atoms with Gasteiger partial charge in [-0.1, -0.05) is 0 Å². The summed E-state index contributed by atoms with van der Waals surface area (Å²) in [4.78, 5) is 2.18. The summed E-state index contributed by atoms with van der Waals surface area (Å²) in [5.41, 5.74) is 4.10. The van der Waals surface area contributed by atoms with Gasteiger partial charge >= 0.3 is 0 Å². The summed E-state index contributed by atoms with van der Waals surface area (Å²) in [6.45, 7) is 5.32. The zero-order chi connectivity index (χ0) is 6.78. The molecule has 0 saturated heterocycles. The van der Waals surface area contributed by atoms with E-state index in [0.717, 1.165) is 6.54 Å². The first-order chi connectivity index (χ1) is 3.50. The molecule has 0 saturated carbocycles. The van der Waals surface area contributed by atoms with E-state index < -0.39 is 0 Å². The average Bonchev–Trinajstić information content (AvgIpc) is 1.67. The van der Waals surface area contributed by atoms with Crippen LogP contribution in [0.2, 0.25) is 0 Å². The van der Waals surface area contributed by atoms with E-state index in [1.807, 2.05) is 0 Å². The van der Waals surface area contributed by atoms with E-state index in [2.05, 4.69) is 38.6 Å². The lowest BCUT2D eigenvalue weighted by molar-refractivity contribution is -0.387. The lowest BCUT2D eigenvalue weighted by Crippen LogP contribution is -2.63. The lowest BCUT2D eigenvalue weighted by atomic mass is 10.1. The van der Waals surface area contributed by atoms with Crippen LogP contribution >= 0.6 is 0 Å². The maximum atomic E-state index is 3.84. The minimum absolute atomic E-state index is 0.264. The molecule has 50 valence electrons. The molecule has 2 nitrogen and oxygen atoms in total. The van der Waals surface area contributed by atoms with E-state index in [-0.39, 0.29) is 5.54 Å². The topological polar surface area (TPSA) is 30.9 Å². The van der Waals surface area contributed by atoms with Crippen molar-refractivity contribution in [2.45, 2.75) is 19.4 Å². The van der Waals surface area contributed by atoms with Crippen molar-refractivity contribution in [3.8, 4) is 0 Å². The van der Waals surface area contributed by atoms with Crippen LogP contribution in [0, 0.1) is 0 Å². The number of likely N-dealkylation sites (N-methyl/N-ethyl adjacent to an activating group) is 1. The highest BCUT2D eigenvalue weighted by molar-refractivity contribution is 4.73. The van der Waals surface area contributed by atoms with Crippen molar-refractivity contribution in [3.63, 3.8) is 0 Å². The predicted octanol–water partition coefficient (Wildman–Crippen LogP) is -0.431. The summed E-state index contributed by atoms with van der Waals surface area (Å²) >= 11 is 0. The van der Waals surface area contributed by atoms with Crippen LogP contribution in [0.5, 0.6) is 0 Å². The first-order valence-corrected chi connectivity index (χ1v) is 2.97. The molecule has 0 fully saturated rings. The minimum atomic E-state index is 0.264. The van der Waals surface area contributed by atoms with Gasteiger partial charge in [0.2, 0.25) is 0 Å². The van der Waals surface area contributed by atoms with Crippen LogP contribution < -0.4 is 5.73 Å². The third-order valence-corrected chi connectivity index (χ3v) is 1.82. The number of rotatable bonds is 2. The number of hydrogen-bond acceptors (Lipinski definition) is 1. The summed E-state index contributed by atoms with van der Waals surface area (Å²) in [6.07, 6.45) is 0. The Morgan fingerprint density at radius 3 is 1.75 bits per heavy atom. The molecule has 0 spiro atoms. The van der Waals surface area contributed by atoms with Crippen molar-refractivity contribution in [1.82, 2.24) is 4.90 Å². The molecule has 8 heavy (non-hydrogen) atoms. The maximum Gasteiger partial charge on any atom is 0.0921 e. The summed E-state index contributed by atoms with van der Waals surface area (Å²) in [7, 11) is 4.15. The average molecular weight is 117 g/mol. The lowest BCUT2D eigenvalue weighted by Gasteiger charge is -2.28. The number of nitrogens with zero attached hydrogens (tertiary/aromatic N) is 1. The van der Waals surface area contributed by atoms with Crippen LogP contribution in [0.1, 0.15) is 13.8 Å². The van der Waals surface area contributed by atoms with Crippen LogP contribution in [0.4, 0.5) is 0 Å². The number of hydrogen-bond donors (Lipinski definition) is 1. The van der Waals surface area contributed by atoms with Crippen LogP contribution in [0.25, 0.3) is 0 Å². The Morgan fingerprint density at radius 1 is 1.38 bits per heavy atom. The van der Waals surface area contributed by atoms with Gasteiger partial charge in [0.05, 0.1) is 12.1 Å². The molecule has 0 aromatic rings. The van der Waals surface area contributed by atoms with Crippen molar-refractivity contribution in [1.29, 1.82) is 0 Å². The molecule has 0 radical (unpaired) electrons. The molecule has 2 heteroatoms. The molecule has 0 unspecified atom stereocenters. The SMILES string of the molecule is CN(C)C(C)(C)C[NH3+]. The molecule has 0 aliphatic carbocycles. The van der Waals surface area contributed by atoms with Gasteiger partial charge in [-0.25, -0.2) is 0 Å². The van der Waals surface area contributed by atoms with E-state index in [9.17, 15) is 0 Å². The van der Waals surface area contributed by atoms with Crippen molar-refractivity contribution >= 4 is 0 Å². The van der Waals surface area contributed by atoms with E-state index in [4.69, 9.17) is 0 Å². The summed E-state index contributed by atoms with van der Waals surface area (Å²) in [6, 6.07) is 0. The van der Waals surface area contributed by atoms with Crippen molar-refractivity contribution in [2.24, 2.45) is 0 Å². The molecule has 0 aliphatic heterocycles. The van der Waals surface area contributed by atoms with Gasteiger partial charge in [0.1, 0.15) is 0 Å². The van der Waals surface area contributed by atoms with Gasteiger partial charge < -0.3 is 5.73 Å². The summed E-state index contributed by atoms with van der Waals surface area (Å²) < 4.78 is 0. The molecular weight excluding hydrogens is 100 g/mol. The first-order valence-electron chi connectivity index (χ1n) is 2.97. The Bertz CT molecular complexity index is 66.9. The van der Waals surface area contributed by atoms with Gasteiger partial charge in [0.15, 0.2) is 0 Å². The molecule has 0 rings (SSSR count). The fourth-order valence-corrected chi connectivity index (χ4v) is 0.224. The zero-order valence-corrected chi connectivity index (χ0v) is 6.36. The Kier molecular flexibility index (Phi) is 2.44. The molecule has 0 amide bonds. The third-order valence-electron chi connectivity index (χ3n) is 1.82. The smallest absolute Gasteiger partial charge is 0.0921 e.